The van der Waals surface area contributed by atoms with Gasteiger partial charge >= 0.3 is 0 Å². The number of amides is 2. The van der Waals surface area contributed by atoms with Crippen molar-refractivity contribution in [1.29, 1.82) is 0 Å². The summed E-state index contributed by atoms with van der Waals surface area (Å²) >= 11 is 5.84. The predicted molar refractivity (Wildman–Crippen MR) is 69.3 cm³/mol. The van der Waals surface area contributed by atoms with E-state index in [9.17, 15) is 9.59 Å². The molecule has 0 saturated carbocycles. The van der Waals surface area contributed by atoms with Crippen LogP contribution in [-0.2, 0) is 4.79 Å². The van der Waals surface area contributed by atoms with E-state index in [0.29, 0.717) is 6.54 Å². The number of nitrogens with zero attached hydrogens (tertiary/aromatic N) is 1. The van der Waals surface area contributed by atoms with E-state index in [1.807, 2.05) is 0 Å². The fraction of sp³-hybridized carbons (Fsp3) is 0.364. The number of anilines is 1. The van der Waals surface area contributed by atoms with Crippen LogP contribution in [0.15, 0.2) is 12.3 Å². The minimum absolute atomic E-state index is 0.185. The summed E-state index contributed by atoms with van der Waals surface area (Å²) in [5, 5.41) is 5.32. The van der Waals surface area contributed by atoms with Crippen LogP contribution in [0.4, 0.5) is 5.82 Å². The first-order valence-corrected chi connectivity index (χ1v) is 5.83. The van der Waals surface area contributed by atoms with E-state index in [1.165, 1.54) is 12.3 Å². The first-order chi connectivity index (χ1) is 8.45. The molecule has 18 heavy (non-hydrogen) atoms. The standard InChI is InChI=1S/C11H15ClN4O2/c1-3-14-10(17)6(2)16-11(18)7-4-9(13)15-5-8(7)12/h4-6H,3H2,1-2H3,(H2,13,15)(H,14,17)(H,16,18). The number of pyridine rings is 1. The lowest BCUT2D eigenvalue weighted by Crippen LogP contribution is -2.44. The highest BCUT2D eigenvalue weighted by Crippen LogP contribution is 2.16. The molecule has 1 heterocycles. The number of halogens is 1. The maximum absolute atomic E-state index is 11.9. The number of aromatic nitrogens is 1. The molecule has 1 aromatic heterocycles. The maximum Gasteiger partial charge on any atom is 0.253 e. The summed E-state index contributed by atoms with van der Waals surface area (Å²) < 4.78 is 0. The lowest BCUT2D eigenvalue weighted by atomic mass is 10.2. The number of rotatable bonds is 4. The van der Waals surface area contributed by atoms with Crippen molar-refractivity contribution < 1.29 is 9.59 Å². The molecule has 0 aliphatic carbocycles. The molecule has 0 aliphatic rings. The van der Waals surface area contributed by atoms with Crippen LogP contribution < -0.4 is 16.4 Å². The number of nitrogens with one attached hydrogen (secondary N) is 2. The van der Waals surface area contributed by atoms with E-state index in [1.54, 1.807) is 13.8 Å². The van der Waals surface area contributed by atoms with Crippen LogP contribution in [0, 0.1) is 0 Å². The Kier molecular flexibility index (Phi) is 4.91. The normalized spacial score (nSPS) is 11.7. The summed E-state index contributed by atoms with van der Waals surface area (Å²) in [4.78, 5) is 27.1. The van der Waals surface area contributed by atoms with Crippen molar-refractivity contribution in [3.05, 3.63) is 22.8 Å². The van der Waals surface area contributed by atoms with E-state index in [2.05, 4.69) is 15.6 Å². The molecule has 7 heteroatoms. The van der Waals surface area contributed by atoms with Gasteiger partial charge in [0.15, 0.2) is 0 Å². The number of carbonyl (C=O) groups is 2. The molecular weight excluding hydrogens is 256 g/mol. The minimum atomic E-state index is -0.650. The fourth-order valence-electron chi connectivity index (χ4n) is 1.30. The molecule has 1 unspecified atom stereocenters. The average Bonchev–Trinajstić information content (AvgIpc) is 2.32. The van der Waals surface area contributed by atoms with Crippen molar-refractivity contribution in [1.82, 2.24) is 15.6 Å². The van der Waals surface area contributed by atoms with Gasteiger partial charge in [-0.25, -0.2) is 4.98 Å². The molecule has 0 fully saturated rings. The number of hydrogen-bond donors (Lipinski definition) is 3. The van der Waals surface area contributed by atoms with Crippen LogP contribution in [-0.4, -0.2) is 29.4 Å². The number of likely N-dealkylation sites (N-methyl/N-ethyl adjacent to an activating group) is 1. The molecule has 0 saturated heterocycles. The highest BCUT2D eigenvalue weighted by molar-refractivity contribution is 6.33. The topological polar surface area (TPSA) is 97.1 Å². The van der Waals surface area contributed by atoms with Crippen molar-refractivity contribution in [3.63, 3.8) is 0 Å². The molecule has 0 radical (unpaired) electrons. The Bertz CT molecular complexity index is 464. The van der Waals surface area contributed by atoms with Crippen molar-refractivity contribution in [2.45, 2.75) is 19.9 Å². The van der Waals surface area contributed by atoms with Crippen molar-refractivity contribution in [2.75, 3.05) is 12.3 Å². The lowest BCUT2D eigenvalue weighted by Gasteiger charge is -2.13. The van der Waals surface area contributed by atoms with Gasteiger partial charge in [0.2, 0.25) is 5.91 Å². The Labute approximate surface area is 110 Å². The highest BCUT2D eigenvalue weighted by Gasteiger charge is 2.18. The second kappa shape index (κ2) is 6.20. The predicted octanol–water partition coefficient (Wildman–Crippen LogP) is 0.572. The Morgan fingerprint density at radius 1 is 1.56 bits per heavy atom. The van der Waals surface area contributed by atoms with Gasteiger partial charge in [0.1, 0.15) is 11.9 Å². The molecule has 0 aliphatic heterocycles. The summed E-state index contributed by atoms with van der Waals surface area (Å²) in [6.45, 7) is 3.89. The fourth-order valence-corrected chi connectivity index (χ4v) is 1.49. The minimum Gasteiger partial charge on any atom is -0.384 e. The van der Waals surface area contributed by atoms with Gasteiger partial charge in [0.25, 0.3) is 5.91 Å². The highest BCUT2D eigenvalue weighted by atomic mass is 35.5. The number of nitrogen functional groups attached to an aromatic ring is 1. The smallest absolute Gasteiger partial charge is 0.253 e. The van der Waals surface area contributed by atoms with Crippen molar-refractivity contribution >= 4 is 29.2 Å². The van der Waals surface area contributed by atoms with Crippen LogP contribution in [0.2, 0.25) is 5.02 Å². The molecule has 0 aromatic carbocycles. The van der Waals surface area contributed by atoms with E-state index < -0.39 is 11.9 Å². The van der Waals surface area contributed by atoms with Crippen LogP contribution in [0.1, 0.15) is 24.2 Å². The monoisotopic (exact) mass is 270 g/mol. The lowest BCUT2D eigenvalue weighted by molar-refractivity contribution is -0.122. The molecule has 98 valence electrons. The number of nitrogens with two attached hydrogens (primary N) is 1. The zero-order chi connectivity index (χ0) is 13.7. The van der Waals surface area contributed by atoms with E-state index >= 15 is 0 Å². The number of carbonyl (C=O) groups excluding carboxylic acids is 2. The summed E-state index contributed by atoms with van der Waals surface area (Å²) in [7, 11) is 0. The second-order valence-electron chi connectivity index (χ2n) is 3.68. The molecule has 0 bridgehead atoms. The van der Waals surface area contributed by atoms with Gasteiger partial charge in [-0.15, -0.1) is 0 Å². The largest absolute Gasteiger partial charge is 0.384 e. The quantitative estimate of drug-likeness (QED) is 0.745. The molecule has 2 amide bonds. The third-order valence-electron chi connectivity index (χ3n) is 2.21. The first kappa shape index (κ1) is 14.2. The van der Waals surface area contributed by atoms with Gasteiger partial charge in [-0.05, 0) is 19.9 Å². The Balaban J connectivity index is 2.76. The Hall–Kier alpha value is -1.82. The third kappa shape index (κ3) is 3.59. The zero-order valence-corrected chi connectivity index (χ0v) is 10.9. The molecule has 1 aromatic rings. The van der Waals surface area contributed by atoms with Crippen LogP contribution >= 0.6 is 11.6 Å². The van der Waals surface area contributed by atoms with Crippen molar-refractivity contribution in [3.8, 4) is 0 Å². The van der Waals surface area contributed by atoms with E-state index in [0.717, 1.165) is 0 Å². The first-order valence-electron chi connectivity index (χ1n) is 5.45. The Morgan fingerprint density at radius 2 is 2.22 bits per heavy atom. The van der Waals surface area contributed by atoms with Crippen LogP contribution in [0.25, 0.3) is 0 Å². The van der Waals surface area contributed by atoms with Gasteiger partial charge < -0.3 is 16.4 Å². The summed E-state index contributed by atoms with van der Waals surface area (Å²) in [6.07, 6.45) is 1.29. The summed E-state index contributed by atoms with van der Waals surface area (Å²) in [5.74, 6) is -0.535. The molecule has 1 rings (SSSR count). The molecular formula is C11H15ClN4O2. The SMILES string of the molecule is CCNC(=O)C(C)NC(=O)c1cc(N)ncc1Cl. The molecule has 0 spiro atoms. The zero-order valence-electron chi connectivity index (χ0n) is 10.2. The summed E-state index contributed by atoms with van der Waals surface area (Å²) in [5.41, 5.74) is 5.67. The molecule has 4 N–H and O–H groups in total. The van der Waals surface area contributed by atoms with Gasteiger partial charge in [-0.3, -0.25) is 9.59 Å². The van der Waals surface area contributed by atoms with Gasteiger partial charge in [-0.2, -0.15) is 0 Å². The Morgan fingerprint density at radius 3 is 2.83 bits per heavy atom. The van der Waals surface area contributed by atoms with Gasteiger partial charge in [0.05, 0.1) is 10.6 Å². The van der Waals surface area contributed by atoms with Crippen LogP contribution in [0.3, 0.4) is 0 Å². The summed E-state index contributed by atoms with van der Waals surface area (Å²) in [6, 6.07) is 0.713. The maximum atomic E-state index is 11.9. The van der Waals surface area contributed by atoms with Crippen molar-refractivity contribution in [2.24, 2.45) is 0 Å². The molecule has 1 atom stereocenters. The average molecular weight is 271 g/mol. The molecule has 6 nitrogen and oxygen atoms in total. The number of hydrogen-bond acceptors (Lipinski definition) is 4. The van der Waals surface area contributed by atoms with E-state index in [-0.39, 0.29) is 22.3 Å². The van der Waals surface area contributed by atoms with Crippen LogP contribution in [0.5, 0.6) is 0 Å². The third-order valence-corrected chi connectivity index (χ3v) is 2.51. The van der Waals surface area contributed by atoms with E-state index in [4.69, 9.17) is 17.3 Å². The second-order valence-corrected chi connectivity index (χ2v) is 4.09. The van der Waals surface area contributed by atoms with Gasteiger partial charge in [-0.1, -0.05) is 11.6 Å². The van der Waals surface area contributed by atoms with Gasteiger partial charge in [0, 0.05) is 12.7 Å².